The predicted octanol–water partition coefficient (Wildman–Crippen LogP) is 4.68. The highest BCUT2D eigenvalue weighted by molar-refractivity contribution is 7.71. The molecule has 0 saturated heterocycles. The van der Waals surface area contributed by atoms with Gasteiger partial charge in [-0.3, -0.25) is 9.67 Å². The summed E-state index contributed by atoms with van der Waals surface area (Å²) >= 11 is 11.1. The van der Waals surface area contributed by atoms with Crippen LogP contribution in [-0.2, 0) is 0 Å². The third-order valence-corrected chi connectivity index (χ3v) is 3.74. The Bertz CT molecular complexity index is 823. The average Bonchev–Trinajstić information content (AvgIpc) is 2.90. The summed E-state index contributed by atoms with van der Waals surface area (Å²) in [6, 6.07) is 13.2. The number of aryl methyl sites for hydroxylation is 1. The predicted molar refractivity (Wildman–Crippen MR) is 85.0 cm³/mol. The van der Waals surface area contributed by atoms with Crippen molar-refractivity contribution in [2.45, 2.75) is 6.92 Å². The van der Waals surface area contributed by atoms with Crippen LogP contribution in [0, 0.1) is 11.7 Å². The summed E-state index contributed by atoms with van der Waals surface area (Å²) in [5, 5.41) is 7.34. The van der Waals surface area contributed by atoms with Gasteiger partial charge < -0.3 is 4.74 Å². The zero-order valence-electron chi connectivity index (χ0n) is 11.2. The van der Waals surface area contributed by atoms with Gasteiger partial charge in [-0.05, 0) is 67.2 Å². The molecule has 0 aliphatic carbocycles. The maximum absolute atomic E-state index is 6.00. The molecule has 0 bridgehead atoms. The summed E-state index contributed by atoms with van der Waals surface area (Å²) in [5.74, 6) is 1.50. The highest BCUT2D eigenvalue weighted by atomic mass is 35.5. The summed E-state index contributed by atoms with van der Waals surface area (Å²) in [6.07, 6.45) is 1.64. The largest absolute Gasteiger partial charge is 0.457 e. The second-order valence-corrected chi connectivity index (χ2v) is 5.33. The normalized spacial score (nSPS) is 10.6. The van der Waals surface area contributed by atoms with Crippen molar-refractivity contribution >= 4 is 23.8 Å². The highest BCUT2D eigenvalue weighted by Crippen LogP contribution is 2.26. The van der Waals surface area contributed by atoms with Gasteiger partial charge in [0, 0.05) is 10.7 Å². The molecule has 21 heavy (non-hydrogen) atoms. The maximum Gasteiger partial charge on any atom is 0.199 e. The Morgan fingerprint density at radius 2 is 1.86 bits per heavy atom. The standard InChI is InChI=1S/C15H12ClN3OS/c1-10-8-13(6-7-14(10)16)20-12-4-2-11(3-5-12)19-9-17-18-15(19)21/h2-9H,1H3,(H,18,21). The smallest absolute Gasteiger partial charge is 0.199 e. The van der Waals surface area contributed by atoms with Crippen LogP contribution in [0.5, 0.6) is 11.5 Å². The fourth-order valence-electron chi connectivity index (χ4n) is 1.92. The number of nitrogens with one attached hydrogen (secondary N) is 1. The Hall–Kier alpha value is -2.11. The number of hydrogen-bond donors (Lipinski definition) is 1. The summed E-state index contributed by atoms with van der Waals surface area (Å²) in [7, 11) is 0. The van der Waals surface area contributed by atoms with Gasteiger partial charge in [0.05, 0.1) is 0 Å². The lowest BCUT2D eigenvalue weighted by Crippen LogP contribution is -1.92. The third kappa shape index (κ3) is 2.99. The number of ether oxygens (including phenoxy) is 1. The molecule has 1 aromatic heterocycles. The molecule has 4 nitrogen and oxygen atoms in total. The lowest BCUT2D eigenvalue weighted by atomic mass is 10.2. The number of benzene rings is 2. The first-order chi connectivity index (χ1) is 10.1. The minimum atomic E-state index is 0.553. The van der Waals surface area contributed by atoms with Crippen molar-refractivity contribution in [1.82, 2.24) is 14.8 Å². The quantitative estimate of drug-likeness (QED) is 0.713. The van der Waals surface area contributed by atoms with Gasteiger partial charge in [-0.2, -0.15) is 5.10 Å². The minimum absolute atomic E-state index is 0.553. The van der Waals surface area contributed by atoms with Crippen molar-refractivity contribution in [1.29, 1.82) is 0 Å². The zero-order valence-corrected chi connectivity index (χ0v) is 12.8. The van der Waals surface area contributed by atoms with Gasteiger partial charge in [0.15, 0.2) is 4.77 Å². The van der Waals surface area contributed by atoms with Crippen molar-refractivity contribution < 1.29 is 4.74 Å². The molecule has 0 saturated carbocycles. The first kappa shape index (κ1) is 13.9. The molecule has 0 fully saturated rings. The molecular weight excluding hydrogens is 306 g/mol. The van der Waals surface area contributed by atoms with Gasteiger partial charge >= 0.3 is 0 Å². The van der Waals surface area contributed by atoms with Crippen LogP contribution in [-0.4, -0.2) is 14.8 Å². The second-order valence-electron chi connectivity index (χ2n) is 4.54. The van der Waals surface area contributed by atoms with E-state index < -0.39 is 0 Å². The molecule has 0 aliphatic heterocycles. The molecule has 106 valence electrons. The van der Waals surface area contributed by atoms with Gasteiger partial charge in [0.1, 0.15) is 17.8 Å². The number of halogens is 1. The third-order valence-electron chi connectivity index (χ3n) is 3.03. The topological polar surface area (TPSA) is 42.8 Å². The van der Waals surface area contributed by atoms with Crippen molar-refractivity contribution in [3.63, 3.8) is 0 Å². The molecule has 0 radical (unpaired) electrons. The van der Waals surface area contributed by atoms with E-state index in [2.05, 4.69) is 10.2 Å². The maximum atomic E-state index is 6.00. The molecule has 6 heteroatoms. The molecule has 3 aromatic rings. The van der Waals surface area contributed by atoms with Gasteiger partial charge in [0.25, 0.3) is 0 Å². The molecule has 0 atom stereocenters. The van der Waals surface area contributed by atoms with Crippen molar-refractivity contribution in [2.75, 3.05) is 0 Å². The molecule has 0 spiro atoms. The fourth-order valence-corrected chi connectivity index (χ4v) is 2.25. The van der Waals surface area contributed by atoms with Crippen LogP contribution < -0.4 is 4.74 Å². The Balaban J connectivity index is 1.83. The number of rotatable bonds is 3. The van der Waals surface area contributed by atoms with Crippen LogP contribution in [0.15, 0.2) is 48.8 Å². The van der Waals surface area contributed by atoms with Crippen molar-refractivity contribution in [2.24, 2.45) is 0 Å². The van der Waals surface area contributed by atoms with Crippen LogP contribution in [0.25, 0.3) is 5.69 Å². The van der Waals surface area contributed by atoms with Crippen molar-refractivity contribution in [3.8, 4) is 17.2 Å². The van der Waals surface area contributed by atoms with Crippen molar-refractivity contribution in [3.05, 3.63) is 64.1 Å². The van der Waals surface area contributed by atoms with Crippen LogP contribution >= 0.6 is 23.8 Å². The highest BCUT2D eigenvalue weighted by Gasteiger charge is 2.02. The van der Waals surface area contributed by atoms with Crippen LogP contribution in [0.1, 0.15) is 5.56 Å². The minimum Gasteiger partial charge on any atom is -0.457 e. The van der Waals surface area contributed by atoms with Gasteiger partial charge in [-0.15, -0.1) is 0 Å². The second kappa shape index (κ2) is 5.71. The Labute approximate surface area is 132 Å². The van der Waals surface area contributed by atoms with Gasteiger partial charge in [0.2, 0.25) is 0 Å². The van der Waals surface area contributed by atoms with E-state index >= 15 is 0 Å². The molecular formula is C15H12ClN3OS. The Kier molecular flexibility index (Phi) is 3.77. The number of aromatic amines is 1. The van der Waals surface area contributed by atoms with E-state index in [9.17, 15) is 0 Å². The average molecular weight is 318 g/mol. The molecule has 1 N–H and O–H groups in total. The SMILES string of the molecule is Cc1cc(Oc2ccc(-n3cn[nH]c3=S)cc2)ccc1Cl. The van der Waals surface area contributed by atoms with E-state index in [1.54, 1.807) is 10.9 Å². The fraction of sp³-hybridized carbons (Fsp3) is 0.0667. The Morgan fingerprint density at radius 3 is 2.48 bits per heavy atom. The molecule has 3 rings (SSSR count). The number of H-pyrrole nitrogens is 1. The first-order valence-electron chi connectivity index (χ1n) is 6.30. The number of hydrogen-bond acceptors (Lipinski definition) is 3. The summed E-state index contributed by atoms with van der Waals surface area (Å²) in [4.78, 5) is 0. The molecule has 0 aliphatic rings. The van der Waals surface area contributed by atoms with Crippen LogP contribution in [0.4, 0.5) is 0 Å². The van der Waals surface area contributed by atoms with Gasteiger partial charge in [-0.25, -0.2) is 0 Å². The van der Waals surface area contributed by atoms with E-state index in [-0.39, 0.29) is 0 Å². The van der Waals surface area contributed by atoms with E-state index in [1.165, 1.54) is 0 Å². The molecule has 1 heterocycles. The van der Waals surface area contributed by atoms with E-state index in [0.717, 1.165) is 27.8 Å². The monoisotopic (exact) mass is 317 g/mol. The van der Waals surface area contributed by atoms with Crippen LogP contribution in [0.2, 0.25) is 5.02 Å². The van der Waals surface area contributed by atoms with E-state index in [4.69, 9.17) is 28.6 Å². The summed E-state index contributed by atoms with van der Waals surface area (Å²) < 4.78 is 8.14. The number of nitrogens with zero attached hydrogens (tertiary/aromatic N) is 2. The zero-order chi connectivity index (χ0) is 14.8. The first-order valence-corrected chi connectivity index (χ1v) is 7.08. The van der Waals surface area contributed by atoms with Crippen LogP contribution in [0.3, 0.4) is 0 Å². The lowest BCUT2D eigenvalue weighted by molar-refractivity contribution is 0.482. The molecule has 2 aromatic carbocycles. The molecule has 0 unspecified atom stereocenters. The van der Waals surface area contributed by atoms with Gasteiger partial charge in [-0.1, -0.05) is 11.6 Å². The Morgan fingerprint density at radius 1 is 1.14 bits per heavy atom. The van der Waals surface area contributed by atoms with E-state index in [0.29, 0.717) is 4.77 Å². The summed E-state index contributed by atoms with van der Waals surface area (Å²) in [5.41, 5.74) is 1.91. The van der Waals surface area contributed by atoms with E-state index in [1.807, 2.05) is 49.4 Å². The number of aromatic nitrogens is 3. The lowest BCUT2D eigenvalue weighted by Gasteiger charge is -2.08. The summed E-state index contributed by atoms with van der Waals surface area (Å²) in [6.45, 7) is 1.94. The molecule has 0 amide bonds.